The molecule has 0 aliphatic carbocycles. The fourth-order valence-electron chi connectivity index (χ4n) is 1.92. The van der Waals surface area contributed by atoms with Crippen molar-refractivity contribution in [3.63, 3.8) is 0 Å². The number of nitrogen functional groups attached to an aromatic ring is 1. The summed E-state index contributed by atoms with van der Waals surface area (Å²) in [6, 6.07) is 8.37. The van der Waals surface area contributed by atoms with E-state index in [2.05, 4.69) is 25.9 Å². The Morgan fingerprint density at radius 1 is 1.32 bits per heavy atom. The maximum Gasteiger partial charge on any atom is 0.152 e. The van der Waals surface area contributed by atoms with Crippen LogP contribution in [-0.4, -0.2) is 9.97 Å². The van der Waals surface area contributed by atoms with Crippen molar-refractivity contribution in [2.45, 2.75) is 0 Å². The van der Waals surface area contributed by atoms with Gasteiger partial charge in [-0.25, -0.2) is 9.37 Å². The van der Waals surface area contributed by atoms with Crippen molar-refractivity contribution < 1.29 is 4.39 Å². The monoisotopic (exact) mass is 339 g/mol. The lowest BCUT2D eigenvalue weighted by molar-refractivity contribution is 0.630. The molecule has 96 valence electrons. The molecule has 3 aromatic rings. The quantitative estimate of drug-likeness (QED) is 0.646. The number of hydrogen-bond acceptors (Lipinski definition) is 2. The molecule has 0 spiro atoms. The largest absolute Gasteiger partial charge is 0.397 e. The van der Waals surface area contributed by atoms with Gasteiger partial charge in [0.2, 0.25) is 0 Å². The Morgan fingerprint density at radius 2 is 2.11 bits per heavy atom. The smallest absolute Gasteiger partial charge is 0.152 e. The van der Waals surface area contributed by atoms with Gasteiger partial charge in [-0.15, -0.1) is 0 Å². The second kappa shape index (κ2) is 4.51. The third kappa shape index (κ3) is 2.09. The third-order valence-electron chi connectivity index (χ3n) is 2.79. The molecular formula is C13H8BrClFN3. The van der Waals surface area contributed by atoms with Gasteiger partial charge in [0.15, 0.2) is 5.82 Å². The highest BCUT2D eigenvalue weighted by Crippen LogP contribution is 2.30. The van der Waals surface area contributed by atoms with Crippen LogP contribution in [0.25, 0.3) is 22.4 Å². The minimum atomic E-state index is -0.499. The van der Waals surface area contributed by atoms with E-state index in [1.807, 2.05) is 6.07 Å². The number of H-pyrrole nitrogens is 1. The Kier molecular flexibility index (Phi) is 2.95. The average Bonchev–Trinajstić information content (AvgIpc) is 2.76. The van der Waals surface area contributed by atoms with Gasteiger partial charge in [-0.2, -0.15) is 0 Å². The van der Waals surface area contributed by atoms with Gasteiger partial charge < -0.3 is 10.7 Å². The molecule has 6 heteroatoms. The first kappa shape index (κ1) is 12.4. The molecule has 0 saturated heterocycles. The Bertz CT molecular complexity index is 785. The van der Waals surface area contributed by atoms with Crippen LogP contribution in [0.1, 0.15) is 0 Å². The summed E-state index contributed by atoms with van der Waals surface area (Å²) in [7, 11) is 0. The molecule has 1 heterocycles. The number of nitrogens with zero attached hydrogens (tertiary/aromatic N) is 1. The molecule has 0 amide bonds. The van der Waals surface area contributed by atoms with Crippen molar-refractivity contribution in [1.82, 2.24) is 9.97 Å². The molecule has 0 bridgehead atoms. The molecule has 3 N–H and O–H groups in total. The van der Waals surface area contributed by atoms with Crippen LogP contribution in [0.5, 0.6) is 0 Å². The van der Waals surface area contributed by atoms with Crippen molar-refractivity contribution in [3.05, 3.63) is 45.6 Å². The molecule has 0 aliphatic rings. The second-order valence-electron chi connectivity index (χ2n) is 4.08. The van der Waals surface area contributed by atoms with E-state index in [0.29, 0.717) is 22.6 Å². The Morgan fingerprint density at radius 3 is 2.89 bits per heavy atom. The number of nitrogens with two attached hydrogens (primary N) is 1. The van der Waals surface area contributed by atoms with E-state index in [-0.39, 0.29) is 5.02 Å². The number of aromatic nitrogens is 2. The molecule has 3 nitrogen and oxygen atoms in total. The van der Waals surface area contributed by atoms with Crippen LogP contribution in [0, 0.1) is 5.82 Å². The normalized spacial score (nSPS) is 11.1. The number of benzene rings is 2. The van der Waals surface area contributed by atoms with Gasteiger partial charge in [0.25, 0.3) is 0 Å². The first-order valence-electron chi connectivity index (χ1n) is 5.45. The number of anilines is 1. The van der Waals surface area contributed by atoms with Gasteiger partial charge in [0, 0.05) is 4.47 Å². The van der Waals surface area contributed by atoms with Gasteiger partial charge in [0.1, 0.15) is 11.3 Å². The summed E-state index contributed by atoms with van der Waals surface area (Å²) in [6.07, 6.45) is 0. The highest BCUT2D eigenvalue weighted by molar-refractivity contribution is 9.10. The predicted octanol–water partition coefficient (Wildman–Crippen LogP) is 4.37. The highest BCUT2D eigenvalue weighted by Gasteiger charge is 2.13. The molecule has 0 aliphatic heterocycles. The van der Waals surface area contributed by atoms with E-state index in [4.69, 9.17) is 17.3 Å². The van der Waals surface area contributed by atoms with Crippen molar-refractivity contribution in [3.8, 4) is 11.4 Å². The van der Waals surface area contributed by atoms with Crippen molar-refractivity contribution in [2.24, 2.45) is 0 Å². The molecular weight excluding hydrogens is 333 g/mol. The van der Waals surface area contributed by atoms with Crippen LogP contribution in [0.2, 0.25) is 5.02 Å². The first-order valence-corrected chi connectivity index (χ1v) is 6.62. The summed E-state index contributed by atoms with van der Waals surface area (Å²) < 4.78 is 14.8. The van der Waals surface area contributed by atoms with E-state index >= 15 is 0 Å². The highest BCUT2D eigenvalue weighted by atomic mass is 79.9. The molecule has 0 radical (unpaired) electrons. The van der Waals surface area contributed by atoms with Crippen molar-refractivity contribution >= 4 is 44.3 Å². The van der Waals surface area contributed by atoms with Gasteiger partial charge >= 0.3 is 0 Å². The lowest BCUT2D eigenvalue weighted by Gasteiger charge is -2.00. The van der Waals surface area contributed by atoms with Gasteiger partial charge in [-0.3, -0.25) is 0 Å². The third-order valence-corrected chi connectivity index (χ3v) is 3.54. The van der Waals surface area contributed by atoms with Crippen LogP contribution in [0.3, 0.4) is 0 Å². The summed E-state index contributed by atoms with van der Waals surface area (Å²) >= 11 is 9.12. The average molecular weight is 341 g/mol. The van der Waals surface area contributed by atoms with Crippen LogP contribution in [0.4, 0.5) is 10.1 Å². The Labute approximate surface area is 121 Å². The van der Waals surface area contributed by atoms with E-state index in [1.165, 1.54) is 6.07 Å². The van der Waals surface area contributed by atoms with E-state index < -0.39 is 5.82 Å². The topological polar surface area (TPSA) is 54.7 Å². The van der Waals surface area contributed by atoms with Crippen LogP contribution >= 0.6 is 27.5 Å². The molecule has 2 aromatic carbocycles. The second-order valence-corrected chi connectivity index (χ2v) is 5.40. The Hall–Kier alpha value is -1.59. The summed E-state index contributed by atoms with van der Waals surface area (Å²) in [6.45, 7) is 0. The molecule has 0 saturated carbocycles. The summed E-state index contributed by atoms with van der Waals surface area (Å²) in [5.41, 5.74) is 8.07. The molecule has 3 rings (SSSR count). The lowest BCUT2D eigenvalue weighted by Crippen LogP contribution is -1.88. The van der Waals surface area contributed by atoms with Gasteiger partial charge in [-0.05, 0) is 24.3 Å². The number of nitrogens with one attached hydrogen (secondary N) is 1. The van der Waals surface area contributed by atoms with Crippen LogP contribution < -0.4 is 5.73 Å². The zero-order valence-corrected chi connectivity index (χ0v) is 11.9. The molecule has 0 fully saturated rings. The van der Waals surface area contributed by atoms with Crippen molar-refractivity contribution in [2.75, 3.05) is 5.73 Å². The molecule has 0 unspecified atom stereocenters. The molecule has 0 atom stereocenters. The SMILES string of the molecule is Nc1cc(Br)cc2[nH]c(-c3cccc(Cl)c3F)nc12. The maximum absolute atomic E-state index is 14.0. The Balaban J connectivity index is 2.26. The predicted molar refractivity (Wildman–Crippen MR) is 78.6 cm³/mol. The van der Waals surface area contributed by atoms with Crippen molar-refractivity contribution in [1.29, 1.82) is 0 Å². The van der Waals surface area contributed by atoms with E-state index in [1.54, 1.807) is 18.2 Å². The number of hydrogen-bond donors (Lipinski definition) is 2. The zero-order valence-electron chi connectivity index (χ0n) is 9.55. The van der Waals surface area contributed by atoms with Gasteiger partial charge in [-0.1, -0.05) is 33.6 Å². The fraction of sp³-hybridized carbons (Fsp3) is 0. The molecule has 19 heavy (non-hydrogen) atoms. The number of aromatic amines is 1. The number of imidazole rings is 1. The summed E-state index contributed by atoms with van der Waals surface area (Å²) in [4.78, 5) is 7.37. The van der Waals surface area contributed by atoms with Gasteiger partial charge in [0.05, 0.1) is 21.8 Å². The zero-order chi connectivity index (χ0) is 13.6. The van der Waals surface area contributed by atoms with Crippen LogP contribution in [-0.2, 0) is 0 Å². The first-order chi connectivity index (χ1) is 9.06. The number of rotatable bonds is 1. The lowest BCUT2D eigenvalue weighted by atomic mass is 10.2. The number of fused-ring (bicyclic) bond motifs is 1. The maximum atomic E-state index is 14.0. The molecule has 1 aromatic heterocycles. The summed E-state index contributed by atoms with van der Waals surface area (Å²) in [5, 5.41) is 0.0621. The van der Waals surface area contributed by atoms with Crippen LogP contribution in [0.15, 0.2) is 34.8 Å². The van der Waals surface area contributed by atoms with E-state index in [0.717, 1.165) is 9.99 Å². The summed E-state index contributed by atoms with van der Waals surface area (Å²) in [5.74, 6) is -0.0966. The minimum absolute atomic E-state index is 0.0621. The minimum Gasteiger partial charge on any atom is -0.397 e. The number of halogens is 3. The van der Waals surface area contributed by atoms with E-state index in [9.17, 15) is 4.39 Å². The fourth-order valence-corrected chi connectivity index (χ4v) is 2.57. The standard InChI is InChI=1S/C13H8BrClFN3/c14-6-4-9(17)12-10(5-6)18-13(19-12)7-2-1-3-8(15)11(7)16/h1-5H,17H2,(H,18,19).